The first kappa shape index (κ1) is 17.3. The van der Waals surface area contributed by atoms with Gasteiger partial charge >= 0.3 is 0 Å². The fourth-order valence-electron chi connectivity index (χ4n) is 2.11. The van der Waals surface area contributed by atoms with Crippen LogP contribution >= 0.6 is 0 Å². The van der Waals surface area contributed by atoms with Gasteiger partial charge in [-0.3, -0.25) is 9.59 Å². The second kappa shape index (κ2) is 8.57. The summed E-state index contributed by atoms with van der Waals surface area (Å²) in [6, 6.07) is 14.1. The number of carbonyl (C=O) groups excluding carboxylic acids is 2. The van der Waals surface area contributed by atoms with Gasteiger partial charge in [0.05, 0.1) is 6.61 Å². The first-order valence-electron chi connectivity index (χ1n) is 7.60. The highest BCUT2D eigenvalue weighted by atomic mass is 16.5. The molecule has 6 heteroatoms. The number of hydrogen-bond donors (Lipinski definition) is 2. The Labute approximate surface area is 140 Å². The molecule has 0 fully saturated rings. The summed E-state index contributed by atoms with van der Waals surface area (Å²) in [5.41, 5.74) is 6.37. The van der Waals surface area contributed by atoms with E-state index in [0.29, 0.717) is 24.5 Å². The summed E-state index contributed by atoms with van der Waals surface area (Å²) in [6.45, 7) is 2.59. The summed E-state index contributed by atoms with van der Waals surface area (Å²) in [5, 5.41) is 2.84. The molecule has 0 aliphatic heterocycles. The number of primary amides is 1. The highest BCUT2D eigenvalue weighted by Gasteiger charge is 2.09. The van der Waals surface area contributed by atoms with Crippen LogP contribution in [-0.4, -0.2) is 25.0 Å². The molecule has 2 aromatic rings. The zero-order chi connectivity index (χ0) is 17.4. The number of rotatable bonds is 8. The second-order valence-electron chi connectivity index (χ2n) is 5.01. The van der Waals surface area contributed by atoms with Crippen molar-refractivity contribution in [3.05, 3.63) is 59.7 Å². The zero-order valence-electron chi connectivity index (χ0n) is 13.5. The Bertz CT molecular complexity index is 716. The number of amides is 2. The van der Waals surface area contributed by atoms with Crippen LogP contribution in [0.3, 0.4) is 0 Å². The summed E-state index contributed by atoms with van der Waals surface area (Å²) in [5.74, 6) is 0.346. The lowest BCUT2D eigenvalue weighted by molar-refractivity contribution is -0.119. The highest BCUT2D eigenvalue weighted by molar-refractivity contribution is 5.94. The monoisotopic (exact) mass is 328 g/mol. The quantitative estimate of drug-likeness (QED) is 0.774. The minimum absolute atomic E-state index is 0.229. The number of benzene rings is 2. The standard InChI is InChI=1S/C18H20N2O4/c1-2-23-16-9-4-3-6-14(16)11-20-18(22)13-7-5-8-15(10-13)24-12-17(19)21/h3-10H,2,11-12H2,1H3,(H2,19,21)(H,20,22). The van der Waals surface area contributed by atoms with Crippen LogP contribution in [0.15, 0.2) is 48.5 Å². The van der Waals surface area contributed by atoms with E-state index >= 15 is 0 Å². The fourth-order valence-corrected chi connectivity index (χ4v) is 2.11. The number of nitrogens with one attached hydrogen (secondary N) is 1. The summed E-state index contributed by atoms with van der Waals surface area (Å²) in [6.07, 6.45) is 0. The van der Waals surface area contributed by atoms with E-state index in [4.69, 9.17) is 15.2 Å². The Hall–Kier alpha value is -3.02. The largest absolute Gasteiger partial charge is 0.494 e. The maximum atomic E-state index is 12.3. The Morgan fingerprint density at radius 3 is 2.62 bits per heavy atom. The van der Waals surface area contributed by atoms with Gasteiger partial charge in [-0.2, -0.15) is 0 Å². The summed E-state index contributed by atoms with van der Waals surface area (Å²) < 4.78 is 10.7. The predicted octanol–water partition coefficient (Wildman–Crippen LogP) is 1.88. The lowest BCUT2D eigenvalue weighted by Crippen LogP contribution is -2.23. The molecule has 0 heterocycles. The molecule has 2 amide bonds. The molecule has 3 N–H and O–H groups in total. The second-order valence-corrected chi connectivity index (χ2v) is 5.01. The van der Waals surface area contributed by atoms with Crippen molar-refractivity contribution < 1.29 is 19.1 Å². The topological polar surface area (TPSA) is 90.7 Å². The third kappa shape index (κ3) is 5.01. The van der Waals surface area contributed by atoms with Crippen molar-refractivity contribution in [1.82, 2.24) is 5.32 Å². The molecular formula is C18H20N2O4. The van der Waals surface area contributed by atoms with Crippen LogP contribution in [0, 0.1) is 0 Å². The molecule has 0 aliphatic rings. The van der Waals surface area contributed by atoms with Gasteiger partial charge < -0.3 is 20.5 Å². The molecule has 0 saturated carbocycles. The van der Waals surface area contributed by atoms with Crippen molar-refractivity contribution in [1.29, 1.82) is 0 Å². The Morgan fingerprint density at radius 2 is 1.88 bits per heavy atom. The SMILES string of the molecule is CCOc1ccccc1CNC(=O)c1cccc(OCC(N)=O)c1. The average molecular weight is 328 g/mol. The number of para-hydroxylation sites is 1. The zero-order valence-corrected chi connectivity index (χ0v) is 13.5. The van der Waals surface area contributed by atoms with E-state index in [9.17, 15) is 9.59 Å². The number of hydrogen-bond acceptors (Lipinski definition) is 4. The van der Waals surface area contributed by atoms with Crippen molar-refractivity contribution in [2.24, 2.45) is 5.73 Å². The summed E-state index contributed by atoms with van der Waals surface area (Å²) in [4.78, 5) is 23.0. The van der Waals surface area contributed by atoms with Gasteiger partial charge in [0.1, 0.15) is 11.5 Å². The van der Waals surface area contributed by atoms with Crippen LogP contribution < -0.4 is 20.5 Å². The summed E-state index contributed by atoms with van der Waals surface area (Å²) >= 11 is 0. The summed E-state index contributed by atoms with van der Waals surface area (Å²) in [7, 11) is 0. The van der Waals surface area contributed by atoms with Gasteiger partial charge in [-0.15, -0.1) is 0 Å². The molecule has 0 bridgehead atoms. The van der Waals surface area contributed by atoms with Crippen LogP contribution in [0.25, 0.3) is 0 Å². The van der Waals surface area contributed by atoms with Crippen molar-refractivity contribution in [3.63, 3.8) is 0 Å². The molecule has 0 unspecified atom stereocenters. The van der Waals surface area contributed by atoms with Gasteiger partial charge in [-0.05, 0) is 31.2 Å². The Kier molecular flexibility index (Phi) is 6.19. The fraction of sp³-hybridized carbons (Fsp3) is 0.222. The normalized spacial score (nSPS) is 10.0. The lowest BCUT2D eigenvalue weighted by Gasteiger charge is -2.11. The van der Waals surface area contributed by atoms with Crippen molar-refractivity contribution in [2.45, 2.75) is 13.5 Å². The van der Waals surface area contributed by atoms with Gasteiger partial charge in [0.15, 0.2) is 6.61 Å². The molecule has 126 valence electrons. The molecule has 2 rings (SSSR count). The third-order valence-corrected chi connectivity index (χ3v) is 3.19. The third-order valence-electron chi connectivity index (χ3n) is 3.19. The van der Waals surface area contributed by atoms with Gasteiger partial charge in [-0.1, -0.05) is 24.3 Å². The smallest absolute Gasteiger partial charge is 0.255 e. The van der Waals surface area contributed by atoms with Gasteiger partial charge in [-0.25, -0.2) is 0 Å². The van der Waals surface area contributed by atoms with Crippen LogP contribution in [0.1, 0.15) is 22.8 Å². The van der Waals surface area contributed by atoms with Crippen molar-refractivity contribution in [2.75, 3.05) is 13.2 Å². The molecule has 0 radical (unpaired) electrons. The number of ether oxygens (including phenoxy) is 2. The van der Waals surface area contributed by atoms with E-state index < -0.39 is 5.91 Å². The van der Waals surface area contributed by atoms with Crippen molar-refractivity contribution in [3.8, 4) is 11.5 Å². The van der Waals surface area contributed by atoms with E-state index in [-0.39, 0.29) is 12.5 Å². The molecule has 24 heavy (non-hydrogen) atoms. The molecule has 0 spiro atoms. The molecule has 0 saturated heterocycles. The Balaban J connectivity index is 2.00. The van der Waals surface area contributed by atoms with Crippen LogP contribution in [0.5, 0.6) is 11.5 Å². The van der Waals surface area contributed by atoms with Crippen LogP contribution in [-0.2, 0) is 11.3 Å². The molecule has 6 nitrogen and oxygen atoms in total. The van der Waals surface area contributed by atoms with E-state index in [0.717, 1.165) is 11.3 Å². The van der Waals surface area contributed by atoms with Crippen molar-refractivity contribution >= 4 is 11.8 Å². The number of carbonyl (C=O) groups is 2. The van der Waals surface area contributed by atoms with Crippen LogP contribution in [0.4, 0.5) is 0 Å². The minimum atomic E-state index is -0.572. The van der Waals surface area contributed by atoms with E-state index in [1.807, 2.05) is 31.2 Å². The van der Waals surface area contributed by atoms with E-state index in [2.05, 4.69) is 5.32 Å². The minimum Gasteiger partial charge on any atom is -0.494 e. The van der Waals surface area contributed by atoms with E-state index in [1.54, 1.807) is 24.3 Å². The molecule has 0 aromatic heterocycles. The number of nitrogens with two attached hydrogens (primary N) is 1. The first-order valence-corrected chi connectivity index (χ1v) is 7.60. The van der Waals surface area contributed by atoms with Gasteiger partial charge in [0.2, 0.25) is 0 Å². The molecule has 2 aromatic carbocycles. The Morgan fingerprint density at radius 1 is 1.08 bits per heavy atom. The van der Waals surface area contributed by atoms with Gasteiger partial charge in [0.25, 0.3) is 11.8 Å². The maximum Gasteiger partial charge on any atom is 0.255 e. The van der Waals surface area contributed by atoms with Gasteiger partial charge in [0, 0.05) is 17.7 Å². The molecule has 0 aliphatic carbocycles. The molecule has 0 atom stereocenters. The van der Waals surface area contributed by atoms with Crippen LogP contribution in [0.2, 0.25) is 0 Å². The predicted molar refractivity (Wildman–Crippen MR) is 89.9 cm³/mol. The highest BCUT2D eigenvalue weighted by Crippen LogP contribution is 2.18. The average Bonchev–Trinajstić information content (AvgIpc) is 2.59. The van der Waals surface area contributed by atoms with E-state index in [1.165, 1.54) is 0 Å². The molecular weight excluding hydrogens is 308 g/mol. The maximum absolute atomic E-state index is 12.3. The lowest BCUT2D eigenvalue weighted by atomic mass is 10.1. The first-order chi connectivity index (χ1) is 11.6.